The molecule has 0 aromatic rings. The van der Waals surface area contributed by atoms with Crippen molar-refractivity contribution in [3.63, 3.8) is 0 Å². The molecule has 0 saturated carbocycles. The minimum atomic E-state index is -2.52. The van der Waals surface area contributed by atoms with Crippen LogP contribution in [0.5, 0.6) is 0 Å². The van der Waals surface area contributed by atoms with E-state index in [0.29, 0.717) is 6.04 Å². The third-order valence-corrected chi connectivity index (χ3v) is 5.33. The molecule has 2 atom stereocenters. The Morgan fingerprint density at radius 2 is 1.47 bits per heavy atom. The Hall–Kier alpha value is 0.0169. The Morgan fingerprint density at radius 1 is 1.00 bits per heavy atom. The fraction of sp³-hybridized carbons (Fsp3) is 1.00. The van der Waals surface area contributed by atoms with Crippen molar-refractivity contribution < 1.29 is 13.3 Å². The maximum atomic E-state index is 5.97. The van der Waals surface area contributed by atoms with Gasteiger partial charge in [0, 0.05) is 39.5 Å². The van der Waals surface area contributed by atoms with Gasteiger partial charge in [0.25, 0.3) is 0 Å². The summed E-state index contributed by atoms with van der Waals surface area (Å²) in [4.78, 5) is 0. The lowest BCUT2D eigenvalue weighted by atomic mass is 10.1. The predicted octanol–water partition coefficient (Wildman–Crippen LogP) is 0.319. The molecule has 92 valence electrons. The monoisotopic (exact) mass is 236 g/mol. The van der Waals surface area contributed by atoms with Gasteiger partial charge in [-0.25, -0.2) is 0 Å². The lowest BCUT2D eigenvalue weighted by molar-refractivity contribution is 0.121. The summed E-state index contributed by atoms with van der Waals surface area (Å²) in [6.07, 6.45) is 1.77. The molecule has 0 fully saturated rings. The zero-order chi connectivity index (χ0) is 11.9. The first kappa shape index (κ1) is 15.0. The fourth-order valence-electron chi connectivity index (χ4n) is 1.40. The van der Waals surface area contributed by atoms with Crippen molar-refractivity contribution in [1.29, 1.82) is 0 Å². The first-order chi connectivity index (χ1) is 6.99. The molecule has 0 aliphatic carbocycles. The van der Waals surface area contributed by atoms with Crippen LogP contribution in [-0.4, -0.2) is 42.2 Å². The van der Waals surface area contributed by atoms with Crippen molar-refractivity contribution in [2.45, 2.75) is 37.9 Å². The Kier molecular flexibility index (Phi) is 7.32. The van der Waals surface area contributed by atoms with Crippen LogP contribution in [0.4, 0.5) is 0 Å². The Balaban J connectivity index is 4.05. The van der Waals surface area contributed by atoms with Gasteiger partial charge in [-0.2, -0.15) is 0 Å². The van der Waals surface area contributed by atoms with E-state index in [4.69, 9.17) is 24.7 Å². The molecule has 5 nitrogen and oxygen atoms in total. The zero-order valence-corrected chi connectivity index (χ0v) is 11.2. The van der Waals surface area contributed by atoms with Gasteiger partial charge in [0.15, 0.2) is 0 Å². The Morgan fingerprint density at radius 3 is 1.80 bits per heavy atom. The summed E-state index contributed by atoms with van der Waals surface area (Å²) in [7, 11) is 2.27. The molecule has 0 aliphatic heterocycles. The molecule has 0 aromatic carbocycles. The minimum absolute atomic E-state index is 0.0162. The number of rotatable bonds is 8. The van der Waals surface area contributed by atoms with Crippen LogP contribution in [0.25, 0.3) is 0 Å². The highest BCUT2D eigenvalue weighted by atomic mass is 28.4. The summed E-state index contributed by atoms with van der Waals surface area (Å²) < 4.78 is 15.9. The van der Waals surface area contributed by atoms with E-state index in [-0.39, 0.29) is 12.1 Å². The van der Waals surface area contributed by atoms with Gasteiger partial charge in [0.05, 0.1) is 0 Å². The highest BCUT2D eigenvalue weighted by molar-refractivity contribution is 6.60. The maximum absolute atomic E-state index is 5.97. The van der Waals surface area contributed by atoms with Crippen LogP contribution >= 0.6 is 0 Å². The van der Waals surface area contributed by atoms with Crippen LogP contribution in [-0.2, 0) is 13.3 Å². The third kappa shape index (κ3) is 5.60. The standard InChI is InChI=1S/C9H24N2O3Si/c1-8(10)5-6-9(11)7-15(12-2,13-3)14-4/h8-9H,5-7,10-11H2,1-4H3. The Bertz CT molecular complexity index is 157. The number of hydrogen-bond acceptors (Lipinski definition) is 5. The molecule has 0 aromatic heterocycles. The Labute approximate surface area is 93.4 Å². The fourth-order valence-corrected chi connectivity index (χ4v) is 3.25. The van der Waals surface area contributed by atoms with Gasteiger partial charge in [0.1, 0.15) is 0 Å². The van der Waals surface area contributed by atoms with Gasteiger partial charge in [-0.05, 0) is 19.8 Å². The molecule has 0 amide bonds. The summed E-state index contributed by atoms with van der Waals surface area (Å²) >= 11 is 0. The van der Waals surface area contributed by atoms with Gasteiger partial charge >= 0.3 is 8.80 Å². The van der Waals surface area contributed by atoms with E-state index in [9.17, 15) is 0 Å². The van der Waals surface area contributed by atoms with E-state index in [1.54, 1.807) is 21.3 Å². The van der Waals surface area contributed by atoms with Crippen LogP contribution in [0.15, 0.2) is 0 Å². The first-order valence-corrected chi connectivity index (χ1v) is 7.09. The van der Waals surface area contributed by atoms with Gasteiger partial charge < -0.3 is 24.7 Å². The molecular formula is C9H24N2O3Si. The summed E-state index contributed by atoms with van der Waals surface area (Å²) in [5.41, 5.74) is 11.6. The zero-order valence-electron chi connectivity index (χ0n) is 10.2. The van der Waals surface area contributed by atoms with Gasteiger partial charge in [-0.1, -0.05) is 0 Å². The summed E-state index contributed by atoms with van der Waals surface area (Å²) in [6.45, 7) is 1.97. The molecule has 4 N–H and O–H groups in total. The second-order valence-corrected chi connectivity index (χ2v) is 6.81. The minimum Gasteiger partial charge on any atom is -0.377 e. The van der Waals surface area contributed by atoms with Crippen LogP contribution < -0.4 is 11.5 Å². The molecule has 0 heterocycles. The van der Waals surface area contributed by atoms with Crippen molar-refractivity contribution in [2.24, 2.45) is 11.5 Å². The van der Waals surface area contributed by atoms with Gasteiger partial charge in [-0.3, -0.25) is 0 Å². The van der Waals surface area contributed by atoms with Crippen molar-refractivity contribution in [2.75, 3.05) is 21.3 Å². The molecule has 0 aliphatic rings. The van der Waals surface area contributed by atoms with Crippen LogP contribution in [0, 0.1) is 0 Å². The normalized spacial score (nSPS) is 16.4. The topological polar surface area (TPSA) is 79.7 Å². The second kappa shape index (κ2) is 7.32. The summed E-state index contributed by atoms with van der Waals surface area (Å²) in [5.74, 6) is 0. The van der Waals surface area contributed by atoms with Crippen LogP contribution in [0.3, 0.4) is 0 Å². The van der Waals surface area contributed by atoms with Crippen molar-refractivity contribution in [3.05, 3.63) is 0 Å². The highest BCUT2D eigenvalue weighted by Gasteiger charge is 2.39. The first-order valence-electron chi connectivity index (χ1n) is 5.16. The van der Waals surface area contributed by atoms with E-state index in [2.05, 4.69) is 0 Å². The average molecular weight is 236 g/mol. The summed E-state index contributed by atoms with van der Waals surface area (Å²) in [6, 6.07) is 0.825. The van der Waals surface area contributed by atoms with E-state index in [1.807, 2.05) is 6.92 Å². The lowest BCUT2D eigenvalue weighted by Gasteiger charge is -2.27. The van der Waals surface area contributed by atoms with Crippen LogP contribution in [0.2, 0.25) is 6.04 Å². The number of hydrogen-bond donors (Lipinski definition) is 2. The largest absolute Gasteiger partial charge is 0.501 e. The molecule has 0 spiro atoms. The van der Waals surface area contributed by atoms with Crippen molar-refractivity contribution in [1.82, 2.24) is 0 Å². The van der Waals surface area contributed by atoms with Gasteiger partial charge in [-0.15, -0.1) is 0 Å². The third-order valence-electron chi connectivity index (χ3n) is 2.44. The molecule has 0 bridgehead atoms. The molecular weight excluding hydrogens is 212 g/mol. The van der Waals surface area contributed by atoms with E-state index in [0.717, 1.165) is 12.8 Å². The lowest BCUT2D eigenvalue weighted by Crippen LogP contribution is -2.47. The average Bonchev–Trinajstić information content (AvgIpc) is 2.23. The van der Waals surface area contributed by atoms with E-state index in [1.165, 1.54) is 0 Å². The van der Waals surface area contributed by atoms with E-state index >= 15 is 0 Å². The van der Waals surface area contributed by atoms with Gasteiger partial charge in [0.2, 0.25) is 0 Å². The molecule has 2 unspecified atom stereocenters. The second-order valence-electron chi connectivity index (χ2n) is 3.81. The molecule has 15 heavy (non-hydrogen) atoms. The van der Waals surface area contributed by atoms with Crippen molar-refractivity contribution >= 4 is 8.80 Å². The molecule has 6 heteroatoms. The predicted molar refractivity (Wildman–Crippen MR) is 62.4 cm³/mol. The smallest absolute Gasteiger partial charge is 0.377 e. The summed E-state index contributed by atoms with van der Waals surface area (Å²) in [5, 5.41) is 0. The van der Waals surface area contributed by atoms with Crippen molar-refractivity contribution in [3.8, 4) is 0 Å². The van der Waals surface area contributed by atoms with E-state index < -0.39 is 8.80 Å². The molecule has 0 rings (SSSR count). The highest BCUT2D eigenvalue weighted by Crippen LogP contribution is 2.16. The molecule has 0 saturated heterocycles. The number of nitrogens with two attached hydrogens (primary N) is 2. The SMILES string of the molecule is CO[Si](CC(N)CCC(C)N)(OC)OC. The molecule has 0 radical (unpaired) electrons. The van der Waals surface area contributed by atoms with Crippen LogP contribution in [0.1, 0.15) is 19.8 Å². The maximum Gasteiger partial charge on any atom is 0.501 e. The quantitative estimate of drug-likeness (QED) is 0.593.